The fourth-order valence-corrected chi connectivity index (χ4v) is 1.91. The Labute approximate surface area is 99.2 Å². The molecule has 0 saturated carbocycles. The van der Waals surface area contributed by atoms with Crippen LogP contribution in [0.2, 0.25) is 0 Å². The highest BCUT2D eigenvalue weighted by Crippen LogP contribution is 2.20. The van der Waals surface area contributed by atoms with Crippen LogP contribution in [0.15, 0.2) is 18.2 Å². The van der Waals surface area contributed by atoms with E-state index in [1.807, 2.05) is 0 Å². The third kappa shape index (κ3) is 2.24. The predicted octanol–water partition coefficient (Wildman–Crippen LogP) is 1.27. The Kier molecular flexibility index (Phi) is 3.28. The quantitative estimate of drug-likeness (QED) is 0.789. The zero-order chi connectivity index (χ0) is 12.4. The van der Waals surface area contributed by atoms with Crippen molar-refractivity contribution in [3.63, 3.8) is 0 Å². The molecule has 4 nitrogen and oxygen atoms in total. The number of nitrogens with zero attached hydrogens (tertiary/aromatic N) is 1. The lowest BCUT2D eigenvalue weighted by Gasteiger charge is -2.23. The molecule has 1 amide bonds. The number of likely N-dealkylation sites (N-methyl/N-ethyl adjacent to an activating group) is 1. The van der Waals surface area contributed by atoms with Crippen LogP contribution in [0.4, 0.5) is 10.1 Å². The van der Waals surface area contributed by atoms with Crippen LogP contribution in [-0.2, 0) is 4.74 Å². The van der Waals surface area contributed by atoms with Gasteiger partial charge in [0.1, 0.15) is 5.82 Å². The monoisotopic (exact) mass is 238 g/mol. The number of carbonyl (C=O) groups is 1. The highest BCUT2D eigenvalue weighted by molar-refractivity contribution is 5.99. The van der Waals surface area contributed by atoms with E-state index in [9.17, 15) is 9.18 Å². The second kappa shape index (κ2) is 4.71. The summed E-state index contributed by atoms with van der Waals surface area (Å²) in [6, 6.07) is 4.31. The van der Waals surface area contributed by atoms with Gasteiger partial charge in [-0.05, 0) is 18.6 Å². The molecule has 2 N–H and O–H groups in total. The number of nitrogens with two attached hydrogens (primary N) is 1. The second-order valence-electron chi connectivity index (χ2n) is 4.13. The van der Waals surface area contributed by atoms with E-state index in [2.05, 4.69) is 0 Å². The van der Waals surface area contributed by atoms with E-state index in [4.69, 9.17) is 10.5 Å². The van der Waals surface area contributed by atoms with Gasteiger partial charge in [0.25, 0.3) is 5.91 Å². The average Bonchev–Trinajstić information content (AvgIpc) is 2.84. The summed E-state index contributed by atoms with van der Waals surface area (Å²) in [6.07, 6.45) is 0.803. The average molecular weight is 238 g/mol. The van der Waals surface area contributed by atoms with E-state index in [1.54, 1.807) is 11.9 Å². The topological polar surface area (TPSA) is 55.6 Å². The van der Waals surface area contributed by atoms with E-state index in [0.29, 0.717) is 13.2 Å². The minimum absolute atomic E-state index is 0.0465. The summed E-state index contributed by atoms with van der Waals surface area (Å²) in [5.74, 6) is -0.829. The van der Waals surface area contributed by atoms with Crippen LogP contribution in [0.3, 0.4) is 0 Å². The fraction of sp³-hybridized carbons (Fsp3) is 0.417. The standard InChI is InChI=1S/C12H15FN2O2/c1-15(8-5-6-17-7-8)12(16)9-3-2-4-10(13)11(9)14/h2-4,8H,5-7,14H2,1H3. The number of rotatable bonds is 2. The highest BCUT2D eigenvalue weighted by atomic mass is 19.1. The Hall–Kier alpha value is -1.62. The first-order valence-electron chi connectivity index (χ1n) is 5.50. The van der Waals surface area contributed by atoms with Gasteiger partial charge in [-0.15, -0.1) is 0 Å². The van der Waals surface area contributed by atoms with Crippen molar-refractivity contribution in [1.82, 2.24) is 4.90 Å². The van der Waals surface area contributed by atoms with Gasteiger partial charge in [0.2, 0.25) is 0 Å². The molecule has 0 spiro atoms. The van der Waals surface area contributed by atoms with Crippen molar-refractivity contribution in [2.24, 2.45) is 0 Å². The summed E-state index contributed by atoms with van der Waals surface area (Å²) in [6.45, 7) is 1.18. The van der Waals surface area contributed by atoms with Crippen molar-refractivity contribution in [3.8, 4) is 0 Å². The molecule has 92 valence electrons. The van der Waals surface area contributed by atoms with Crippen LogP contribution in [0.5, 0.6) is 0 Å². The molecule has 0 bridgehead atoms. The third-order valence-electron chi connectivity index (χ3n) is 3.06. The molecule has 17 heavy (non-hydrogen) atoms. The maximum absolute atomic E-state index is 13.3. The molecule has 1 aromatic rings. The van der Waals surface area contributed by atoms with Gasteiger partial charge in [0, 0.05) is 13.7 Å². The summed E-state index contributed by atoms with van der Waals surface area (Å²) < 4.78 is 18.5. The summed E-state index contributed by atoms with van der Waals surface area (Å²) in [5.41, 5.74) is 5.68. The molecule has 1 fully saturated rings. The molecule has 1 atom stereocenters. The lowest BCUT2D eigenvalue weighted by atomic mass is 10.1. The fourth-order valence-electron chi connectivity index (χ4n) is 1.91. The Morgan fingerprint density at radius 2 is 2.35 bits per heavy atom. The van der Waals surface area contributed by atoms with E-state index < -0.39 is 5.82 Å². The van der Waals surface area contributed by atoms with Crippen molar-refractivity contribution in [1.29, 1.82) is 0 Å². The lowest BCUT2D eigenvalue weighted by molar-refractivity contribution is 0.0712. The summed E-state index contributed by atoms with van der Waals surface area (Å²) >= 11 is 0. The molecule has 2 rings (SSSR count). The molecule has 0 aromatic heterocycles. The van der Waals surface area contributed by atoms with Crippen molar-refractivity contribution in [3.05, 3.63) is 29.6 Å². The number of anilines is 1. The van der Waals surface area contributed by atoms with Gasteiger partial charge in [0.15, 0.2) is 0 Å². The van der Waals surface area contributed by atoms with E-state index in [1.165, 1.54) is 18.2 Å². The first-order chi connectivity index (χ1) is 8.11. The van der Waals surface area contributed by atoms with Gasteiger partial charge in [-0.3, -0.25) is 4.79 Å². The SMILES string of the molecule is CN(C(=O)c1cccc(F)c1N)C1CCOC1. The molecule has 0 radical (unpaired) electrons. The van der Waals surface area contributed by atoms with E-state index >= 15 is 0 Å². The number of halogens is 1. The first kappa shape index (κ1) is 11.9. The number of hydrogen-bond donors (Lipinski definition) is 1. The van der Waals surface area contributed by atoms with Crippen molar-refractivity contribution in [2.45, 2.75) is 12.5 Å². The molecule has 1 unspecified atom stereocenters. The molecule has 1 aliphatic rings. The van der Waals surface area contributed by atoms with Crippen molar-refractivity contribution >= 4 is 11.6 Å². The van der Waals surface area contributed by atoms with Gasteiger partial charge in [-0.1, -0.05) is 6.07 Å². The minimum Gasteiger partial charge on any atom is -0.396 e. The van der Waals surface area contributed by atoms with E-state index in [-0.39, 0.29) is 23.2 Å². The second-order valence-corrected chi connectivity index (χ2v) is 4.13. The molecule has 0 aliphatic carbocycles. The van der Waals surface area contributed by atoms with Gasteiger partial charge in [0.05, 0.1) is 23.9 Å². The van der Waals surface area contributed by atoms with Crippen molar-refractivity contribution in [2.75, 3.05) is 26.0 Å². The summed E-state index contributed by atoms with van der Waals surface area (Å²) in [7, 11) is 1.69. The van der Waals surface area contributed by atoms with Crippen LogP contribution >= 0.6 is 0 Å². The van der Waals surface area contributed by atoms with Gasteiger partial charge in [-0.2, -0.15) is 0 Å². The number of nitrogen functional groups attached to an aromatic ring is 1. The maximum atomic E-state index is 13.3. The first-order valence-corrected chi connectivity index (χ1v) is 5.50. The normalized spacial score (nSPS) is 19.3. The van der Waals surface area contributed by atoms with Crippen LogP contribution in [-0.4, -0.2) is 37.1 Å². The van der Waals surface area contributed by atoms with Crippen LogP contribution in [0.25, 0.3) is 0 Å². The Morgan fingerprint density at radius 1 is 1.59 bits per heavy atom. The number of benzene rings is 1. The van der Waals surface area contributed by atoms with Crippen molar-refractivity contribution < 1.29 is 13.9 Å². The predicted molar refractivity (Wildman–Crippen MR) is 62.1 cm³/mol. The smallest absolute Gasteiger partial charge is 0.256 e. The Bertz CT molecular complexity index is 431. The highest BCUT2D eigenvalue weighted by Gasteiger charge is 2.26. The largest absolute Gasteiger partial charge is 0.396 e. The number of hydrogen-bond acceptors (Lipinski definition) is 3. The molecule has 1 heterocycles. The van der Waals surface area contributed by atoms with Gasteiger partial charge < -0.3 is 15.4 Å². The molecule has 1 aliphatic heterocycles. The van der Waals surface area contributed by atoms with Crippen LogP contribution < -0.4 is 5.73 Å². The Morgan fingerprint density at radius 3 is 3.00 bits per heavy atom. The lowest BCUT2D eigenvalue weighted by Crippen LogP contribution is -2.37. The molecule has 5 heteroatoms. The van der Waals surface area contributed by atoms with Crippen LogP contribution in [0, 0.1) is 5.82 Å². The number of carbonyl (C=O) groups excluding carboxylic acids is 1. The summed E-state index contributed by atoms with van der Waals surface area (Å²) in [5, 5.41) is 0. The minimum atomic E-state index is -0.563. The summed E-state index contributed by atoms with van der Waals surface area (Å²) in [4.78, 5) is 13.7. The van der Waals surface area contributed by atoms with Gasteiger partial charge in [-0.25, -0.2) is 4.39 Å². The van der Waals surface area contributed by atoms with E-state index in [0.717, 1.165) is 6.42 Å². The molecular formula is C12H15FN2O2. The Balaban J connectivity index is 2.21. The maximum Gasteiger partial charge on any atom is 0.256 e. The molecule has 1 saturated heterocycles. The number of para-hydroxylation sites is 1. The van der Waals surface area contributed by atoms with Gasteiger partial charge >= 0.3 is 0 Å². The molecular weight excluding hydrogens is 223 g/mol. The van der Waals surface area contributed by atoms with Crippen LogP contribution in [0.1, 0.15) is 16.8 Å². The molecule has 1 aromatic carbocycles. The number of amides is 1. The zero-order valence-electron chi connectivity index (χ0n) is 9.65. The number of ether oxygens (including phenoxy) is 1. The zero-order valence-corrected chi connectivity index (χ0v) is 9.65. The third-order valence-corrected chi connectivity index (χ3v) is 3.06.